The van der Waals surface area contributed by atoms with E-state index in [1.54, 1.807) is 31.3 Å². The van der Waals surface area contributed by atoms with E-state index in [1.807, 2.05) is 6.07 Å². The van der Waals surface area contributed by atoms with E-state index in [4.69, 9.17) is 11.0 Å². The van der Waals surface area contributed by atoms with E-state index >= 15 is 0 Å². The number of nitrogens with two attached hydrogens (primary N) is 1. The lowest BCUT2D eigenvalue weighted by Crippen LogP contribution is -2.26. The van der Waals surface area contributed by atoms with Crippen molar-refractivity contribution in [1.82, 2.24) is 4.90 Å². The lowest BCUT2D eigenvalue weighted by molar-refractivity contribution is 0.0784. The minimum Gasteiger partial charge on any atom is -0.399 e. The first-order valence-electron chi connectivity index (χ1n) is 6.30. The molecule has 0 aliphatic heterocycles. The van der Waals surface area contributed by atoms with Gasteiger partial charge in [0.2, 0.25) is 0 Å². The number of nitrogens with zero attached hydrogens (tertiary/aromatic N) is 2. The van der Waals surface area contributed by atoms with Crippen LogP contribution in [-0.4, -0.2) is 17.9 Å². The molecular weight excluding hydrogens is 269 g/mol. The van der Waals surface area contributed by atoms with Crippen LogP contribution in [0.4, 0.5) is 10.1 Å². The van der Waals surface area contributed by atoms with Crippen molar-refractivity contribution in [3.8, 4) is 6.07 Å². The number of rotatable bonds is 3. The molecule has 5 heteroatoms. The van der Waals surface area contributed by atoms with Crippen LogP contribution in [0.5, 0.6) is 0 Å². The molecule has 1 amide bonds. The first-order valence-corrected chi connectivity index (χ1v) is 6.30. The van der Waals surface area contributed by atoms with Crippen molar-refractivity contribution < 1.29 is 9.18 Å². The van der Waals surface area contributed by atoms with Crippen molar-refractivity contribution in [3.05, 3.63) is 65.0 Å². The molecule has 0 heterocycles. The van der Waals surface area contributed by atoms with Crippen molar-refractivity contribution in [2.24, 2.45) is 0 Å². The molecule has 0 atom stereocenters. The van der Waals surface area contributed by atoms with Gasteiger partial charge in [-0.2, -0.15) is 5.26 Å². The average molecular weight is 283 g/mol. The number of halogens is 1. The predicted octanol–water partition coefficient (Wildman–Crippen LogP) is 2.55. The van der Waals surface area contributed by atoms with Crippen LogP contribution < -0.4 is 5.73 Å². The average Bonchev–Trinajstić information content (AvgIpc) is 2.46. The van der Waals surface area contributed by atoms with Gasteiger partial charge in [-0.1, -0.05) is 12.1 Å². The number of benzene rings is 2. The summed E-state index contributed by atoms with van der Waals surface area (Å²) >= 11 is 0. The highest BCUT2D eigenvalue weighted by Crippen LogP contribution is 2.14. The Bertz CT molecular complexity index is 684. The lowest BCUT2D eigenvalue weighted by Gasteiger charge is -2.17. The monoisotopic (exact) mass is 283 g/mol. The van der Waals surface area contributed by atoms with E-state index in [9.17, 15) is 9.18 Å². The third-order valence-electron chi connectivity index (χ3n) is 3.02. The second-order valence-electron chi connectivity index (χ2n) is 4.74. The SMILES string of the molecule is CN(Cc1ccc(C#N)cc1)C(=O)c1cc(N)cc(F)c1. The van der Waals surface area contributed by atoms with Gasteiger partial charge in [0.15, 0.2) is 0 Å². The van der Waals surface area contributed by atoms with Gasteiger partial charge in [-0.05, 0) is 35.9 Å². The van der Waals surface area contributed by atoms with E-state index in [0.29, 0.717) is 12.1 Å². The molecule has 0 saturated heterocycles. The molecule has 4 nitrogen and oxygen atoms in total. The number of carbonyl (C=O) groups is 1. The summed E-state index contributed by atoms with van der Waals surface area (Å²) in [5, 5.41) is 8.74. The molecule has 2 N–H and O–H groups in total. The highest BCUT2D eigenvalue weighted by Gasteiger charge is 2.13. The summed E-state index contributed by atoms with van der Waals surface area (Å²) in [6.07, 6.45) is 0. The van der Waals surface area contributed by atoms with Crippen LogP contribution in [0.15, 0.2) is 42.5 Å². The van der Waals surface area contributed by atoms with Crippen LogP contribution in [0, 0.1) is 17.1 Å². The Labute approximate surface area is 122 Å². The van der Waals surface area contributed by atoms with Crippen molar-refractivity contribution >= 4 is 11.6 Å². The number of anilines is 1. The van der Waals surface area contributed by atoms with Crippen molar-refractivity contribution in [1.29, 1.82) is 5.26 Å². The van der Waals surface area contributed by atoms with Crippen LogP contribution in [0.2, 0.25) is 0 Å². The standard InChI is InChI=1S/C16H14FN3O/c1-20(10-12-4-2-11(9-18)3-5-12)16(21)13-6-14(17)8-15(19)7-13/h2-8H,10,19H2,1H3. The zero-order chi connectivity index (χ0) is 15.4. The van der Waals surface area contributed by atoms with Gasteiger partial charge in [-0.15, -0.1) is 0 Å². The summed E-state index contributed by atoms with van der Waals surface area (Å²) in [6.45, 7) is 0.362. The van der Waals surface area contributed by atoms with Crippen LogP contribution in [0.1, 0.15) is 21.5 Å². The zero-order valence-corrected chi connectivity index (χ0v) is 11.5. The zero-order valence-electron chi connectivity index (χ0n) is 11.5. The highest BCUT2D eigenvalue weighted by atomic mass is 19.1. The second kappa shape index (κ2) is 6.06. The van der Waals surface area contributed by atoms with Gasteiger partial charge in [0.25, 0.3) is 5.91 Å². The minimum absolute atomic E-state index is 0.212. The van der Waals surface area contributed by atoms with Crippen LogP contribution in [0.3, 0.4) is 0 Å². The summed E-state index contributed by atoms with van der Waals surface area (Å²) in [7, 11) is 1.63. The quantitative estimate of drug-likeness (QED) is 0.880. The van der Waals surface area contributed by atoms with E-state index in [0.717, 1.165) is 17.7 Å². The van der Waals surface area contributed by atoms with Gasteiger partial charge in [-0.3, -0.25) is 4.79 Å². The number of hydrogen-bond acceptors (Lipinski definition) is 3. The Morgan fingerprint density at radius 3 is 2.52 bits per heavy atom. The first-order chi connectivity index (χ1) is 9.99. The molecule has 2 aromatic rings. The smallest absolute Gasteiger partial charge is 0.254 e. The van der Waals surface area contributed by atoms with Gasteiger partial charge in [-0.25, -0.2) is 4.39 Å². The number of amides is 1. The summed E-state index contributed by atoms with van der Waals surface area (Å²) in [6, 6.07) is 12.7. The molecule has 0 aliphatic carbocycles. The fourth-order valence-corrected chi connectivity index (χ4v) is 1.99. The largest absolute Gasteiger partial charge is 0.399 e. The molecule has 0 unspecified atom stereocenters. The molecule has 0 spiro atoms. The Hall–Kier alpha value is -2.87. The lowest BCUT2D eigenvalue weighted by atomic mass is 10.1. The van der Waals surface area contributed by atoms with Gasteiger partial charge < -0.3 is 10.6 Å². The molecule has 0 aliphatic rings. The molecule has 0 aromatic heterocycles. The molecule has 2 rings (SSSR count). The van der Waals surface area contributed by atoms with Gasteiger partial charge in [0.1, 0.15) is 5.82 Å². The number of nitrogen functional groups attached to an aromatic ring is 1. The number of hydrogen-bond donors (Lipinski definition) is 1. The van der Waals surface area contributed by atoms with Gasteiger partial charge >= 0.3 is 0 Å². The minimum atomic E-state index is -0.537. The van der Waals surface area contributed by atoms with E-state index in [-0.39, 0.29) is 17.2 Å². The van der Waals surface area contributed by atoms with Crippen molar-refractivity contribution in [3.63, 3.8) is 0 Å². The molecule has 0 bridgehead atoms. The van der Waals surface area contributed by atoms with E-state index in [1.165, 1.54) is 11.0 Å². The Morgan fingerprint density at radius 2 is 1.95 bits per heavy atom. The second-order valence-corrected chi connectivity index (χ2v) is 4.74. The maximum atomic E-state index is 13.3. The van der Waals surface area contributed by atoms with Crippen LogP contribution >= 0.6 is 0 Å². The molecule has 0 radical (unpaired) electrons. The fourth-order valence-electron chi connectivity index (χ4n) is 1.99. The van der Waals surface area contributed by atoms with Crippen LogP contribution in [0.25, 0.3) is 0 Å². The molecular formula is C16H14FN3O. The molecule has 0 fully saturated rings. The Balaban J connectivity index is 2.13. The molecule has 21 heavy (non-hydrogen) atoms. The topological polar surface area (TPSA) is 70.1 Å². The third-order valence-corrected chi connectivity index (χ3v) is 3.02. The number of carbonyl (C=O) groups excluding carboxylic acids is 1. The summed E-state index contributed by atoms with van der Waals surface area (Å²) < 4.78 is 13.3. The van der Waals surface area contributed by atoms with E-state index in [2.05, 4.69) is 0 Å². The first kappa shape index (κ1) is 14.5. The maximum absolute atomic E-state index is 13.3. The highest BCUT2D eigenvalue weighted by molar-refractivity contribution is 5.94. The molecule has 2 aromatic carbocycles. The summed E-state index contributed by atoms with van der Waals surface area (Å²) in [5.41, 5.74) is 7.41. The predicted molar refractivity (Wildman–Crippen MR) is 77.8 cm³/mol. The van der Waals surface area contributed by atoms with Crippen LogP contribution in [-0.2, 0) is 6.54 Å². The fraction of sp³-hybridized carbons (Fsp3) is 0.125. The Kier molecular flexibility index (Phi) is 4.19. The summed E-state index contributed by atoms with van der Waals surface area (Å²) in [4.78, 5) is 13.7. The molecule has 0 saturated carbocycles. The van der Waals surface area contributed by atoms with Gasteiger partial charge in [0.05, 0.1) is 11.6 Å². The summed E-state index contributed by atoms with van der Waals surface area (Å²) in [5.74, 6) is -0.851. The third kappa shape index (κ3) is 3.57. The molecule has 106 valence electrons. The van der Waals surface area contributed by atoms with Crippen molar-refractivity contribution in [2.45, 2.75) is 6.54 Å². The Morgan fingerprint density at radius 1 is 1.29 bits per heavy atom. The van der Waals surface area contributed by atoms with Crippen molar-refractivity contribution in [2.75, 3.05) is 12.8 Å². The normalized spacial score (nSPS) is 9.95. The van der Waals surface area contributed by atoms with Gasteiger partial charge in [0, 0.05) is 24.8 Å². The maximum Gasteiger partial charge on any atom is 0.254 e. The van der Waals surface area contributed by atoms with E-state index < -0.39 is 5.82 Å². The number of nitriles is 1.